The molecule has 4 nitrogen and oxygen atoms in total. The normalized spacial score (nSPS) is 14.5. The summed E-state index contributed by atoms with van der Waals surface area (Å²) in [5, 5.41) is 11.3. The summed E-state index contributed by atoms with van der Waals surface area (Å²) in [7, 11) is 1.44. The van der Waals surface area contributed by atoms with Crippen molar-refractivity contribution in [2.24, 2.45) is 0 Å². The van der Waals surface area contributed by atoms with E-state index in [1.807, 2.05) is 13.0 Å². The second kappa shape index (κ2) is 4.73. The van der Waals surface area contributed by atoms with Crippen LogP contribution in [0.2, 0.25) is 0 Å². The van der Waals surface area contributed by atoms with Crippen molar-refractivity contribution in [3.63, 3.8) is 0 Å². The van der Waals surface area contributed by atoms with Gasteiger partial charge in [0.2, 0.25) is 5.91 Å². The van der Waals surface area contributed by atoms with Crippen LogP contribution in [-0.4, -0.2) is 25.2 Å². The van der Waals surface area contributed by atoms with E-state index in [0.717, 1.165) is 0 Å². The van der Waals surface area contributed by atoms with Gasteiger partial charge in [-0.1, -0.05) is 6.92 Å². The zero-order chi connectivity index (χ0) is 9.61. The number of carbonyl (C=O) groups is 1. The molecule has 0 radical (unpaired) electrons. The van der Waals surface area contributed by atoms with Gasteiger partial charge in [-0.2, -0.15) is 5.26 Å². The lowest BCUT2D eigenvalue weighted by Gasteiger charge is -2.20. The molecule has 68 valence electrons. The fourth-order valence-electron chi connectivity index (χ4n) is 0.670. The Balaban J connectivity index is 4.05. The van der Waals surface area contributed by atoms with Gasteiger partial charge in [0.15, 0.2) is 0 Å². The average molecular weight is 170 g/mol. The molecule has 0 saturated heterocycles. The highest BCUT2D eigenvalue weighted by Gasteiger charge is 2.22. The van der Waals surface area contributed by atoms with Crippen molar-refractivity contribution >= 4 is 5.91 Å². The Bertz CT molecular complexity index is 198. The molecule has 12 heavy (non-hydrogen) atoms. The van der Waals surface area contributed by atoms with Gasteiger partial charge >= 0.3 is 0 Å². The van der Waals surface area contributed by atoms with E-state index in [0.29, 0.717) is 6.42 Å². The molecule has 1 N–H and O–H groups in total. The number of amides is 1. The number of hydrogen-bond acceptors (Lipinski definition) is 3. The number of nitriles is 1. The molecule has 0 aromatic heterocycles. The van der Waals surface area contributed by atoms with Crippen LogP contribution in [0.4, 0.5) is 0 Å². The number of methoxy groups -OCH3 is 1. The first-order valence-corrected chi connectivity index (χ1v) is 3.79. The van der Waals surface area contributed by atoms with Crippen LogP contribution in [0.15, 0.2) is 0 Å². The second-order valence-electron chi connectivity index (χ2n) is 2.78. The highest BCUT2D eigenvalue weighted by atomic mass is 16.5. The van der Waals surface area contributed by atoms with Gasteiger partial charge in [-0.25, -0.2) is 0 Å². The molecule has 0 aromatic rings. The maximum atomic E-state index is 11.0. The van der Waals surface area contributed by atoms with Gasteiger partial charge in [-0.15, -0.1) is 0 Å². The number of hydrogen-bond donors (Lipinski definition) is 1. The van der Waals surface area contributed by atoms with Crippen LogP contribution in [0.3, 0.4) is 0 Å². The predicted molar refractivity (Wildman–Crippen MR) is 44.3 cm³/mol. The summed E-state index contributed by atoms with van der Waals surface area (Å²) in [6.45, 7) is 3.52. The summed E-state index contributed by atoms with van der Waals surface area (Å²) in [4.78, 5) is 11.0. The maximum absolute atomic E-state index is 11.0. The lowest BCUT2D eigenvalue weighted by Crippen LogP contribution is -2.45. The molecule has 0 aromatic carbocycles. The molecular formula is C8H14N2O2. The minimum Gasteiger partial charge on any atom is -0.375 e. The molecule has 0 saturated carbocycles. The first kappa shape index (κ1) is 10.9. The van der Waals surface area contributed by atoms with Crippen molar-refractivity contribution in [2.75, 3.05) is 13.7 Å². The summed E-state index contributed by atoms with van der Waals surface area (Å²) in [5.41, 5.74) is -0.768. The monoisotopic (exact) mass is 170 g/mol. The first-order valence-electron chi connectivity index (χ1n) is 3.79. The summed E-state index contributed by atoms with van der Waals surface area (Å²) >= 11 is 0. The fraction of sp³-hybridized carbons (Fsp3) is 0.750. The largest absolute Gasteiger partial charge is 0.375 e. The van der Waals surface area contributed by atoms with Crippen LogP contribution in [0.1, 0.15) is 20.3 Å². The quantitative estimate of drug-likeness (QED) is 0.666. The predicted octanol–water partition coefficient (Wildman–Crippen LogP) is 0.441. The summed E-state index contributed by atoms with van der Waals surface area (Å²) in [6, 6.07) is 2.03. The summed E-state index contributed by atoms with van der Waals surface area (Å²) < 4.78 is 4.62. The van der Waals surface area contributed by atoms with Gasteiger partial charge < -0.3 is 10.1 Å². The van der Waals surface area contributed by atoms with Crippen LogP contribution < -0.4 is 5.32 Å². The van der Waals surface area contributed by atoms with E-state index >= 15 is 0 Å². The lowest BCUT2D eigenvalue weighted by atomic mass is 10.0. The Labute approximate surface area is 72.5 Å². The first-order chi connectivity index (χ1) is 5.58. The Morgan fingerprint density at radius 3 is 2.67 bits per heavy atom. The second-order valence-corrected chi connectivity index (χ2v) is 2.78. The van der Waals surface area contributed by atoms with Gasteiger partial charge in [0.05, 0.1) is 6.07 Å². The number of carbonyl (C=O) groups excluding carboxylic acids is 1. The van der Waals surface area contributed by atoms with Gasteiger partial charge in [0.25, 0.3) is 0 Å². The van der Waals surface area contributed by atoms with E-state index < -0.39 is 5.54 Å². The number of nitrogens with one attached hydrogen (secondary N) is 1. The van der Waals surface area contributed by atoms with E-state index in [4.69, 9.17) is 5.26 Å². The molecule has 0 bridgehead atoms. The van der Waals surface area contributed by atoms with Crippen molar-refractivity contribution < 1.29 is 9.53 Å². The van der Waals surface area contributed by atoms with Crippen molar-refractivity contribution in [1.82, 2.24) is 5.32 Å². The lowest BCUT2D eigenvalue weighted by molar-refractivity contribution is -0.126. The number of nitrogens with zero attached hydrogens (tertiary/aromatic N) is 1. The highest BCUT2D eigenvalue weighted by Crippen LogP contribution is 2.06. The highest BCUT2D eigenvalue weighted by molar-refractivity contribution is 5.78. The van der Waals surface area contributed by atoms with Gasteiger partial charge in [-0.05, 0) is 13.3 Å². The topological polar surface area (TPSA) is 62.1 Å². The van der Waals surface area contributed by atoms with Crippen molar-refractivity contribution in [3.05, 3.63) is 0 Å². The van der Waals surface area contributed by atoms with Crippen molar-refractivity contribution in [1.29, 1.82) is 5.26 Å². The molecule has 0 fully saturated rings. The van der Waals surface area contributed by atoms with E-state index in [9.17, 15) is 4.79 Å². The molecule has 0 aliphatic carbocycles. The molecular weight excluding hydrogens is 156 g/mol. The van der Waals surface area contributed by atoms with E-state index in [1.165, 1.54) is 7.11 Å². The Morgan fingerprint density at radius 2 is 2.33 bits per heavy atom. The Kier molecular flexibility index (Phi) is 4.30. The van der Waals surface area contributed by atoms with Crippen LogP contribution in [0.5, 0.6) is 0 Å². The van der Waals surface area contributed by atoms with Gasteiger partial charge in [-0.3, -0.25) is 4.79 Å². The zero-order valence-electron chi connectivity index (χ0n) is 7.68. The Hall–Kier alpha value is -1.08. The molecule has 0 aliphatic rings. The zero-order valence-corrected chi connectivity index (χ0v) is 7.68. The number of ether oxygens (including phenoxy) is 1. The van der Waals surface area contributed by atoms with Crippen molar-refractivity contribution in [2.45, 2.75) is 25.8 Å². The van der Waals surface area contributed by atoms with E-state index in [2.05, 4.69) is 10.1 Å². The standard InChI is InChI=1S/C8H14N2O2/c1-4-8(2,6-9)10-7(11)5-12-3/h4-5H2,1-3H3,(H,10,11). The minimum atomic E-state index is -0.768. The Morgan fingerprint density at radius 1 is 1.75 bits per heavy atom. The maximum Gasteiger partial charge on any atom is 0.247 e. The van der Waals surface area contributed by atoms with Gasteiger partial charge in [0.1, 0.15) is 12.1 Å². The summed E-state index contributed by atoms with van der Waals surface area (Å²) in [6.07, 6.45) is 0.582. The molecule has 0 heterocycles. The molecule has 1 unspecified atom stereocenters. The third-order valence-electron chi connectivity index (χ3n) is 1.64. The molecule has 1 amide bonds. The van der Waals surface area contributed by atoms with Crippen LogP contribution in [0, 0.1) is 11.3 Å². The molecule has 4 heteroatoms. The smallest absolute Gasteiger partial charge is 0.247 e. The molecule has 0 spiro atoms. The number of rotatable bonds is 4. The minimum absolute atomic E-state index is 0.00271. The van der Waals surface area contributed by atoms with Crippen molar-refractivity contribution in [3.8, 4) is 6.07 Å². The average Bonchev–Trinajstić information content (AvgIpc) is 2.05. The van der Waals surface area contributed by atoms with E-state index in [-0.39, 0.29) is 12.5 Å². The third-order valence-corrected chi connectivity index (χ3v) is 1.64. The third kappa shape index (κ3) is 3.35. The van der Waals surface area contributed by atoms with Gasteiger partial charge in [0, 0.05) is 7.11 Å². The molecule has 0 aliphatic heterocycles. The summed E-state index contributed by atoms with van der Waals surface area (Å²) in [5.74, 6) is -0.261. The van der Waals surface area contributed by atoms with Crippen LogP contribution >= 0.6 is 0 Å². The molecule has 0 rings (SSSR count). The molecule has 1 atom stereocenters. The van der Waals surface area contributed by atoms with E-state index in [1.54, 1.807) is 6.92 Å². The van der Waals surface area contributed by atoms with Crippen LogP contribution in [0.25, 0.3) is 0 Å². The SMILES string of the molecule is CCC(C)(C#N)NC(=O)COC. The fourth-order valence-corrected chi connectivity index (χ4v) is 0.670. The van der Waals surface area contributed by atoms with Crippen LogP contribution in [-0.2, 0) is 9.53 Å².